The van der Waals surface area contributed by atoms with E-state index in [1.807, 2.05) is 6.92 Å². The number of hydrogen-bond donors (Lipinski definition) is 0. The standard InChI is InChI=1S/C9H12N2O3/c1-3-4-11-6-10-5-7(8(11)12)9(13)14-2/h5-6H,3-4H2,1-2H3. The van der Waals surface area contributed by atoms with E-state index in [1.54, 1.807) is 0 Å². The van der Waals surface area contributed by atoms with E-state index in [0.29, 0.717) is 6.54 Å². The molecule has 1 aromatic heterocycles. The maximum Gasteiger partial charge on any atom is 0.345 e. The first-order valence-electron chi connectivity index (χ1n) is 4.33. The quantitative estimate of drug-likeness (QED) is 0.658. The number of hydrogen-bond acceptors (Lipinski definition) is 4. The number of methoxy groups -OCH3 is 1. The lowest BCUT2D eigenvalue weighted by Gasteiger charge is -2.03. The van der Waals surface area contributed by atoms with Gasteiger partial charge in [-0.3, -0.25) is 9.36 Å². The highest BCUT2D eigenvalue weighted by atomic mass is 16.5. The molecule has 5 heteroatoms. The zero-order valence-electron chi connectivity index (χ0n) is 8.19. The zero-order chi connectivity index (χ0) is 10.6. The third-order valence-corrected chi connectivity index (χ3v) is 1.77. The molecular formula is C9H12N2O3. The second-order valence-electron chi connectivity index (χ2n) is 2.80. The first kappa shape index (κ1) is 10.4. The third kappa shape index (κ3) is 1.99. The molecule has 14 heavy (non-hydrogen) atoms. The van der Waals surface area contributed by atoms with Crippen molar-refractivity contribution in [3.05, 3.63) is 28.4 Å². The Labute approximate surface area is 81.3 Å². The molecule has 0 fully saturated rings. The van der Waals surface area contributed by atoms with Gasteiger partial charge in [-0.05, 0) is 6.42 Å². The van der Waals surface area contributed by atoms with Crippen LogP contribution in [0.3, 0.4) is 0 Å². The lowest BCUT2D eigenvalue weighted by molar-refractivity contribution is 0.0597. The summed E-state index contributed by atoms with van der Waals surface area (Å²) in [5, 5.41) is 0. The fraction of sp³-hybridized carbons (Fsp3) is 0.444. The van der Waals surface area contributed by atoms with Gasteiger partial charge >= 0.3 is 5.97 Å². The molecule has 0 radical (unpaired) electrons. The highest BCUT2D eigenvalue weighted by molar-refractivity contribution is 5.88. The van der Waals surface area contributed by atoms with Crippen molar-refractivity contribution in [1.29, 1.82) is 0 Å². The van der Waals surface area contributed by atoms with Crippen LogP contribution in [0.1, 0.15) is 23.7 Å². The molecule has 0 unspecified atom stereocenters. The summed E-state index contributed by atoms with van der Waals surface area (Å²) in [6.45, 7) is 2.49. The van der Waals surface area contributed by atoms with Gasteiger partial charge in [0.05, 0.1) is 13.4 Å². The van der Waals surface area contributed by atoms with E-state index in [0.717, 1.165) is 6.42 Å². The molecule has 0 N–H and O–H groups in total. The second-order valence-corrected chi connectivity index (χ2v) is 2.80. The summed E-state index contributed by atoms with van der Waals surface area (Å²) in [5.74, 6) is -0.645. The summed E-state index contributed by atoms with van der Waals surface area (Å²) in [4.78, 5) is 26.5. The number of ether oxygens (including phenoxy) is 1. The number of carbonyl (C=O) groups excluding carboxylic acids is 1. The number of nitrogens with zero attached hydrogens (tertiary/aromatic N) is 2. The molecule has 1 aromatic rings. The van der Waals surface area contributed by atoms with Crippen molar-refractivity contribution in [3.8, 4) is 0 Å². The van der Waals surface area contributed by atoms with E-state index in [-0.39, 0.29) is 11.1 Å². The number of esters is 1. The Morgan fingerprint density at radius 1 is 1.64 bits per heavy atom. The molecule has 0 aromatic carbocycles. The fourth-order valence-corrected chi connectivity index (χ4v) is 1.10. The van der Waals surface area contributed by atoms with Gasteiger partial charge in [-0.2, -0.15) is 0 Å². The Kier molecular flexibility index (Phi) is 3.39. The average molecular weight is 196 g/mol. The maximum atomic E-state index is 11.6. The Bertz CT molecular complexity index is 384. The summed E-state index contributed by atoms with van der Waals surface area (Å²) in [6.07, 6.45) is 3.45. The highest BCUT2D eigenvalue weighted by Gasteiger charge is 2.12. The normalized spacial score (nSPS) is 9.86. The third-order valence-electron chi connectivity index (χ3n) is 1.77. The van der Waals surface area contributed by atoms with Crippen LogP contribution in [0.25, 0.3) is 0 Å². The number of aryl methyl sites for hydroxylation is 1. The Hall–Kier alpha value is -1.65. The maximum absolute atomic E-state index is 11.6. The van der Waals surface area contributed by atoms with Gasteiger partial charge in [0.15, 0.2) is 0 Å². The van der Waals surface area contributed by atoms with Crippen LogP contribution < -0.4 is 5.56 Å². The van der Waals surface area contributed by atoms with Crippen LogP contribution in [0.15, 0.2) is 17.3 Å². The topological polar surface area (TPSA) is 61.2 Å². The van der Waals surface area contributed by atoms with Crippen molar-refractivity contribution in [3.63, 3.8) is 0 Å². The van der Waals surface area contributed by atoms with Crippen LogP contribution in [0.4, 0.5) is 0 Å². The van der Waals surface area contributed by atoms with Gasteiger partial charge in [-0.25, -0.2) is 9.78 Å². The monoisotopic (exact) mass is 196 g/mol. The van der Waals surface area contributed by atoms with E-state index in [4.69, 9.17) is 0 Å². The van der Waals surface area contributed by atoms with Crippen molar-refractivity contribution >= 4 is 5.97 Å². The summed E-state index contributed by atoms with van der Waals surface area (Å²) in [5.41, 5.74) is -0.378. The van der Waals surface area contributed by atoms with Crippen LogP contribution in [-0.2, 0) is 11.3 Å². The van der Waals surface area contributed by atoms with Crippen LogP contribution in [0.2, 0.25) is 0 Å². The van der Waals surface area contributed by atoms with E-state index < -0.39 is 5.97 Å². The lowest BCUT2D eigenvalue weighted by atomic mass is 10.3. The molecule has 0 saturated heterocycles. The van der Waals surface area contributed by atoms with Crippen LogP contribution in [0.5, 0.6) is 0 Å². The minimum Gasteiger partial charge on any atom is -0.465 e. The van der Waals surface area contributed by atoms with E-state index >= 15 is 0 Å². The smallest absolute Gasteiger partial charge is 0.345 e. The van der Waals surface area contributed by atoms with Gasteiger partial charge in [0.1, 0.15) is 5.56 Å². The molecule has 0 amide bonds. The Morgan fingerprint density at radius 2 is 2.36 bits per heavy atom. The Balaban J connectivity index is 3.14. The summed E-state index contributed by atoms with van der Waals surface area (Å²) >= 11 is 0. The van der Waals surface area contributed by atoms with Crippen molar-refractivity contribution in [2.45, 2.75) is 19.9 Å². The molecule has 0 aliphatic carbocycles. The van der Waals surface area contributed by atoms with Gasteiger partial charge in [0.25, 0.3) is 5.56 Å². The molecule has 0 aliphatic heterocycles. The number of aromatic nitrogens is 2. The first-order chi connectivity index (χ1) is 6.70. The van der Waals surface area contributed by atoms with Gasteiger partial charge in [-0.1, -0.05) is 6.92 Å². The minimum absolute atomic E-state index is 0.0246. The molecular weight excluding hydrogens is 184 g/mol. The zero-order valence-corrected chi connectivity index (χ0v) is 8.19. The second kappa shape index (κ2) is 4.55. The summed E-state index contributed by atoms with van der Waals surface area (Å²) in [6, 6.07) is 0. The lowest BCUT2D eigenvalue weighted by Crippen LogP contribution is -2.27. The van der Waals surface area contributed by atoms with Crippen molar-refractivity contribution in [2.24, 2.45) is 0 Å². The molecule has 1 heterocycles. The van der Waals surface area contributed by atoms with Gasteiger partial charge < -0.3 is 4.74 Å². The van der Waals surface area contributed by atoms with Crippen molar-refractivity contribution < 1.29 is 9.53 Å². The van der Waals surface area contributed by atoms with Crippen LogP contribution in [0, 0.1) is 0 Å². The molecule has 76 valence electrons. The number of carbonyl (C=O) groups is 1. The first-order valence-corrected chi connectivity index (χ1v) is 4.33. The van der Waals surface area contributed by atoms with E-state index in [9.17, 15) is 9.59 Å². The van der Waals surface area contributed by atoms with Crippen molar-refractivity contribution in [1.82, 2.24) is 9.55 Å². The molecule has 0 spiro atoms. The highest BCUT2D eigenvalue weighted by Crippen LogP contribution is 1.92. The van der Waals surface area contributed by atoms with Crippen LogP contribution >= 0.6 is 0 Å². The van der Waals surface area contributed by atoms with Crippen molar-refractivity contribution in [2.75, 3.05) is 7.11 Å². The predicted octanol–water partition coefficient (Wildman–Crippen LogP) is 0.440. The van der Waals surface area contributed by atoms with Gasteiger partial charge in [0, 0.05) is 12.7 Å². The number of rotatable bonds is 3. The molecule has 1 rings (SSSR count). The van der Waals surface area contributed by atoms with E-state index in [2.05, 4.69) is 9.72 Å². The largest absolute Gasteiger partial charge is 0.465 e. The van der Waals surface area contributed by atoms with Gasteiger partial charge in [0.2, 0.25) is 0 Å². The van der Waals surface area contributed by atoms with E-state index in [1.165, 1.54) is 24.2 Å². The average Bonchev–Trinajstić information content (AvgIpc) is 2.20. The SMILES string of the molecule is CCCn1cncc(C(=O)OC)c1=O. The fourth-order valence-electron chi connectivity index (χ4n) is 1.10. The molecule has 0 atom stereocenters. The molecule has 0 aliphatic rings. The summed E-state index contributed by atoms with van der Waals surface area (Å²) < 4.78 is 5.85. The summed E-state index contributed by atoms with van der Waals surface area (Å²) in [7, 11) is 1.24. The van der Waals surface area contributed by atoms with Crippen LogP contribution in [-0.4, -0.2) is 22.6 Å². The molecule has 0 saturated carbocycles. The molecule has 0 bridgehead atoms. The minimum atomic E-state index is -0.645. The van der Waals surface area contributed by atoms with Gasteiger partial charge in [-0.15, -0.1) is 0 Å². The Morgan fingerprint density at radius 3 is 2.93 bits per heavy atom. The molecule has 5 nitrogen and oxygen atoms in total. The predicted molar refractivity (Wildman–Crippen MR) is 50.1 cm³/mol.